The van der Waals surface area contributed by atoms with E-state index in [1.807, 2.05) is 48.7 Å². The van der Waals surface area contributed by atoms with Crippen molar-refractivity contribution in [2.75, 3.05) is 5.43 Å². The summed E-state index contributed by atoms with van der Waals surface area (Å²) in [6, 6.07) is 19.9. The van der Waals surface area contributed by atoms with Gasteiger partial charge in [-0.05, 0) is 29.7 Å². The quantitative estimate of drug-likeness (QED) is 0.440. The van der Waals surface area contributed by atoms with Gasteiger partial charge in [-0.15, -0.1) is 0 Å². The minimum Gasteiger partial charge on any atom is -0.361 e. The van der Waals surface area contributed by atoms with Crippen LogP contribution in [0.5, 0.6) is 0 Å². The van der Waals surface area contributed by atoms with Crippen molar-refractivity contribution in [1.29, 1.82) is 0 Å². The smallest absolute Gasteiger partial charge is 0.0485 e. The number of anilines is 1. The molecule has 2 aromatic carbocycles. The molecule has 4 N–H and O–H groups in total. The monoisotopic (exact) mass is 225 g/mol. The first kappa shape index (κ1) is 11.2. The van der Waals surface area contributed by atoms with Crippen LogP contribution in [0.15, 0.2) is 66.9 Å². The SMILES string of the molecule is NNc1ccccc1.c1ccc2[nH]ccc2c1. The maximum atomic E-state index is 5.10. The molecule has 0 fully saturated rings. The third kappa shape index (κ3) is 3.09. The van der Waals surface area contributed by atoms with Crippen molar-refractivity contribution in [2.24, 2.45) is 5.84 Å². The number of nitrogens with two attached hydrogens (primary N) is 1. The zero-order valence-corrected chi connectivity index (χ0v) is 9.43. The van der Waals surface area contributed by atoms with Crippen LogP contribution in [0.1, 0.15) is 0 Å². The number of aromatic amines is 1. The minimum absolute atomic E-state index is 0.938. The summed E-state index contributed by atoms with van der Waals surface area (Å²) in [5, 5.41) is 1.28. The lowest BCUT2D eigenvalue weighted by Gasteiger charge is -1.94. The molecule has 0 saturated heterocycles. The molecule has 3 rings (SSSR count). The summed E-state index contributed by atoms with van der Waals surface area (Å²) in [7, 11) is 0. The topological polar surface area (TPSA) is 53.8 Å². The second-order valence-corrected chi connectivity index (χ2v) is 3.58. The van der Waals surface area contributed by atoms with E-state index in [0.29, 0.717) is 0 Å². The van der Waals surface area contributed by atoms with Crippen molar-refractivity contribution in [2.45, 2.75) is 0 Å². The van der Waals surface area contributed by atoms with Gasteiger partial charge >= 0.3 is 0 Å². The van der Waals surface area contributed by atoms with Crippen LogP contribution in [-0.4, -0.2) is 4.98 Å². The molecule has 3 aromatic rings. The Labute approximate surface area is 100 Å². The van der Waals surface area contributed by atoms with Crippen LogP contribution >= 0.6 is 0 Å². The number of fused-ring (bicyclic) bond motifs is 1. The number of hydrogen-bond acceptors (Lipinski definition) is 2. The van der Waals surface area contributed by atoms with E-state index in [2.05, 4.69) is 28.6 Å². The highest BCUT2D eigenvalue weighted by Gasteiger charge is 1.86. The van der Waals surface area contributed by atoms with E-state index in [-0.39, 0.29) is 0 Å². The van der Waals surface area contributed by atoms with Gasteiger partial charge in [0.25, 0.3) is 0 Å². The van der Waals surface area contributed by atoms with Crippen LogP contribution in [0.2, 0.25) is 0 Å². The number of hydrazine groups is 1. The van der Waals surface area contributed by atoms with Crippen molar-refractivity contribution in [3.8, 4) is 0 Å². The summed E-state index contributed by atoms with van der Waals surface area (Å²) < 4.78 is 0. The lowest BCUT2D eigenvalue weighted by Crippen LogP contribution is -2.05. The van der Waals surface area contributed by atoms with Crippen LogP contribution in [0.25, 0.3) is 10.9 Å². The number of rotatable bonds is 1. The molecule has 3 heteroatoms. The summed E-state index contributed by atoms with van der Waals surface area (Å²) in [5.41, 5.74) is 4.67. The third-order valence-electron chi connectivity index (χ3n) is 2.40. The van der Waals surface area contributed by atoms with Crippen LogP contribution in [0.3, 0.4) is 0 Å². The van der Waals surface area contributed by atoms with E-state index in [9.17, 15) is 0 Å². The fourth-order valence-corrected chi connectivity index (χ4v) is 1.53. The maximum absolute atomic E-state index is 5.10. The molecule has 0 aliphatic carbocycles. The molecule has 86 valence electrons. The lowest BCUT2D eigenvalue weighted by molar-refractivity contribution is 1.35. The Hall–Kier alpha value is -2.26. The fraction of sp³-hybridized carbons (Fsp3) is 0. The summed E-state index contributed by atoms with van der Waals surface area (Å²) in [4.78, 5) is 3.12. The Bertz CT molecular complexity index is 527. The van der Waals surface area contributed by atoms with Crippen molar-refractivity contribution < 1.29 is 0 Å². The zero-order valence-electron chi connectivity index (χ0n) is 9.43. The maximum Gasteiger partial charge on any atom is 0.0485 e. The molecule has 0 bridgehead atoms. The highest BCUT2D eigenvalue weighted by atomic mass is 15.2. The van der Waals surface area contributed by atoms with Gasteiger partial charge in [0.15, 0.2) is 0 Å². The van der Waals surface area contributed by atoms with E-state index in [1.54, 1.807) is 0 Å². The first-order chi connectivity index (χ1) is 8.40. The number of nitrogens with one attached hydrogen (secondary N) is 2. The predicted molar refractivity (Wildman–Crippen MR) is 72.6 cm³/mol. The number of aromatic nitrogens is 1. The normalized spacial score (nSPS) is 9.47. The molecule has 1 heterocycles. The van der Waals surface area contributed by atoms with Gasteiger partial charge in [0, 0.05) is 17.4 Å². The van der Waals surface area contributed by atoms with Crippen LogP contribution in [0, 0.1) is 0 Å². The largest absolute Gasteiger partial charge is 0.361 e. The Morgan fingerprint density at radius 2 is 1.53 bits per heavy atom. The highest BCUT2D eigenvalue weighted by Crippen LogP contribution is 2.09. The van der Waals surface area contributed by atoms with Gasteiger partial charge in [-0.2, -0.15) is 0 Å². The molecule has 0 spiro atoms. The van der Waals surface area contributed by atoms with Gasteiger partial charge in [-0.25, -0.2) is 0 Å². The number of benzene rings is 2. The van der Waals surface area contributed by atoms with E-state index in [0.717, 1.165) is 5.69 Å². The van der Waals surface area contributed by atoms with E-state index >= 15 is 0 Å². The van der Waals surface area contributed by atoms with Crippen LogP contribution in [-0.2, 0) is 0 Å². The minimum atomic E-state index is 0.938. The van der Waals surface area contributed by atoms with Gasteiger partial charge in [0.05, 0.1) is 0 Å². The van der Waals surface area contributed by atoms with Gasteiger partial charge in [-0.1, -0.05) is 36.4 Å². The molecule has 0 aliphatic heterocycles. The summed E-state index contributed by atoms with van der Waals surface area (Å²) in [6.07, 6.45) is 1.95. The molecule has 0 radical (unpaired) electrons. The Kier molecular flexibility index (Phi) is 3.78. The Balaban J connectivity index is 0.000000128. The average Bonchev–Trinajstić information content (AvgIpc) is 2.89. The zero-order chi connectivity index (χ0) is 11.9. The first-order valence-corrected chi connectivity index (χ1v) is 5.44. The standard InChI is InChI=1S/C8H7N.C6H8N2/c1-2-4-8-7(3-1)5-6-9-8;7-8-6-4-2-1-3-5-6/h1-6,9H;1-5,8H,7H2. The molecule has 0 aliphatic rings. The molecule has 0 unspecified atom stereocenters. The second-order valence-electron chi connectivity index (χ2n) is 3.58. The van der Waals surface area contributed by atoms with Crippen LogP contribution < -0.4 is 11.3 Å². The summed E-state index contributed by atoms with van der Waals surface area (Å²) in [6.45, 7) is 0. The van der Waals surface area contributed by atoms with Gasteiger partial charge in [0.2, 0.25) is 0 Å². The van der Waals surface area contributed by atoms with Gasteiger partial charge in [-0.3, -0.25) is 5.84 Å². The number of nitrogen functional groups attached to an aromatic ring is 1. The third-order valence-corrected chi connectivity index (χ3v) is 2.40. The lowest BCUT2D eigenvalue weighted by atomic mass is 10.3. The van der Waals surface area contributed by atoms with Crippen LogP contribution in [0.4, 0.5) is 5.69 Å². The molecule has 0 amide bonds. The fourth-order valence-electron chi connectivity index (χ4n) is 1.53. The molecular weight excluding hydrogens is 210 g/mol. The first-order valence-electron chi connectivity index (χ1n) is 5.44. The van der Waals surface area contributed by atoms with Crippen molar-refractivity contribution in [3.05, 3.63) is 66.9 Å². The predicted octanol–water partition coefficient (Wildman–Crippen LogP) is 3.14. The molecule has 17 heavy (non-hydrogen) atoms. The van der Waals surface area contributed by atoms with E-state index < -0.39 is 0 Å². The molecule has 0 saturated carbocycles. The summed E-state index contributed by atoms with van der Waals surface area (Å²) >= 11 is 0. The van der Waals surface area contributed by atoms with Crippen molar-refractivity contribution in [1.82, 2.24) is 4.98 Å². The van der Waals surface area contributed by atoms with Gasteiger partial charge < -0.3 is 10.4 Å². The van der Waals surface area contributed by atoms with E-state index in [4.69, 9.17) is 5.84 Å². The van der Waals surface area contributed by atoms with Crippen molar-refractivity contribution in [3.63, 3.8) is 0 Å². The molecule has 1 aromatic heterocycles. The Morgan fingerprint density at radius 1 is 0.824 bits per heavy atom. The molecule has 0 atom stereocenters. The number of para-hydroxylation sites is 2. The second kappa shape index (κ2) is 5.72. The van der Waals surface area contributed by atoms with Gasteiger partial charge in [0.1, 0.15) is 0 Å². The highest BCUT2D eigenvalue weighted by molar-refractivity contribution is 5.78. The molecular formula is C14H15N3. The number of H-pyrrole nitrogens is 1. The molecule has 3 nitrogen and oxygen atoms in total. The number of hydrogen-bond donors (Lipinski definition) is 3. The van der Waals surface area contributed by atoms with Crippen molar-refractivity contribution >= 4 is 16.6 Å². The van der Waals surface area contributed by atoms with E-state index in [1.165, 1.54) is 10.9 Å². The summed E-state index contributed by atoms with van der Waals surface area (Å²) in [5.74, 6) is 5.10. The Morgan fingerprint density at radius 3 is 2.18 bits per heavy atom. The average molecular weight is 225 g/mol.